The van der Waals surface area contributed by atoms with Gasteiger partial charge in [0.15, 0.2) is 0 Å². The van der Waals surface area contributed by atoms with Crippen LogP contribution in [0.1, 0.15) is 21.5 Å². The highest BCUT2D eigenvalue weighted by Crippen LogP contribution is 2.20. The third-order valence-corrected chi connectivity index (χ3v) is 5.36. The van der Waals surface area contributed by atoms with Crippen molar-refractivity contribution in [1.82, 2.24) is 0 Å². The van der Waals surface area contributed by atoms with Crippen LogP contribution in [0.5, 0.6) is 0 Å². The fourth-order valence-corrected chi connectivity index (χ4v) is 3.38. The predicted octanol–water partition coefficient (Wildman–Crippen LogP) is 3.95. The minimum Gasteiger partial charge on any atom is -0.472 e. The van der Waals surface area contributed by atoms with Gasteiger partial charge in [0, 0.05) is 11.4 Å². The van der Waals surface area contributed by atoms with Crippen LogP contribution in [-0.2, 0) is 10.0 Å². The van der Waals surface area contributed by atoms with E-state index in [9.17, 15) is 13.2 Å². The van der Waals surface area contributed by atoms with Crippen LogP contribution in [0.3, 0.4) is 0 Å². The summed E-state index contributed by atoms with van der Waals surface area (Å²) in [5.41, 5.74) is 3.47. The largest absolute Gasteiger partial charge is 0.472 e. The van der Waals surface area contributed by atoms with Crippen LogP contribution in [0.25, 0.3) is 0 Å². The Labute approximate surface area is 151 Å². The van der Waals surface area contributed by atoms with Gasteiger partial charge in [-0.05, 0) is 67.4 Å². The van der Waals surface area contributed by atoms with Gasteiger partial charge in [0.25, 0.3) is 15.9 Å². The summed E-state index contributed by atoms with van der Waals surface area (Å²) < 4.78 is 32.4. The third-order valence-electron chi connectivity index (χ3n) is 3.96. The average molecular weight is 370 g/mol. The molecule has 0 saturated carbocycles. The van der Waals surface area contributed by atoms with Crippen LogP contribution >= 0.6 is 0 Å². The Bertz CT molecular complexity index is 1020. The maximum Gasteiger partial charge on any atom is 0.261 e. The molecule has 0 aliphatic rings. The molecule has 1 amide bonds. The SMILES string of the molecule is Cc1ccc(NS(=O)(=O)c2ccc(NC(=O)c3ccoc3)cc2)cc1C. The Morgan fingerprint density at radius 2 is 1.62 bits per heavy atom. The van der Waals surface area contributed by atoms with E-state index in [-0.39, 0.29) is 10.8 Å². The maximum atomic E-state index is 12.5. The van der Waals surface area contributed by atoms with Crippen molar-refractivity contribution in [2.45, 2.75) is 18.7 Å². The molecule has 3 aromatic rings. The van der Waals surface area contributed by atoms with Crippen LogP contribution in [0.15, 0.2) is 70.4 Å². The summed E-state index contributed by atoms with van der Waals surface area (Å²) >= 11 is 0. The number of benzene rings is 2. The number of hydrogen-bond acceptors (Lipinski definition) is 4. The van der Waals surface area contributed by atoms with Gasteiger partial charge >= 0.3 is 0 Å². The number of hydrogen-bond donors (Lipinski definition) is 2. The van der Waals surface area contributed by atoms with Gasteiger partial charge in [0.2, 0.25) is 0 Å². The zero-order valence-corrected chi connectivity index (χ0v) is 15.1. The zero-order valence-electron chi connectivity index (χ0n) is 14.3. The molecular formula is C19H18N2O4S. The minimum absolute atomic E-state index is 0.108. The zero-order chi connectivity index (χ0) is 18.7. The molecule has 26 heavy (non-hydrogen) atoms. The standard InChI is InChI=1S/C19H18N2O4S/c1-13-3-4-17(11-14(13)2)21-26(23,24)18-7-5-16(6-8-18)20-19(22)15-9-10-25-12-15/h3-12,21H,1-2H3,(H,20,22). The lowest BCUT2D eigenvalue weighted by Crippen LogP contribution is -2.14. The van der Waals surface area contributed by atoms with Gasteiger partial charge in [-0.2, -0.15) is 0 Å². The number of aryl methyl sites for hydroxylation is 2. The van der Waals surface area contributed by atoms with Gasteiger partial charge in [0.05, 0.1) is 16.7 Å². The number of nitrogens with one attached hydrogen (secondary N) is 2. The normalized spacial score (nSPS) is 11.2. The Morgan fingerprint density at radius 1 is 0.923 bits per heavy atom. The molecule has 2 aromatic carbocycles. The molecule has 1 heterocycles. The molecule has 0 saturated heterocycles. The number of rotatable bonds is 5. The third kappa shape index (κ3) is 3.94. The average Bonchev–Trinajstić information content (AvgIpc) is 3.13. The smallest absolute Gasteiger partial charge is 0.261 e. The fourth-order valence-electron chi connectivity index (χ4n) is 2.33. The molecule has 0 radical (unpaired) electrons. The minimum atomic E-state index is -3.71. The molecule has 0 spiro atoms. The second kappa shape index (κ2) is 7.05. The van der Waals surface area contributed by atoms with Crippen molar-refractivity contribution in [3.8, 4) is 0 Å². The molecule has 0 bridgehead atoms. The van der Waals surface area contributed by atoms with E-state index in [2.05, 4.69) is 10.0 Å². The van der Waals surface area contributed by atoms with Crippen LogP contribution in [0.2, 0.25) is 0 Å². The van der Waals surface area contributed by atoms with Crippen molar-refractivity contribution in [2.24, 2.45) is 0 Å². The second-order valence-corrected chi connectivity index (χ2v) is 7.58. The van der Waals surface area contributed by atoms with Crippen LogP contribution in [0, 0.1) is 13.8 Å². The predicted molar refractivity (Wildman–Crippen MR) is 99.8 cm³/mol. The van der Waals surface area contributed by atoms with Gasteiger partial charge in [-0.3, -0.25) is 9.52 Å². The van der Waals surface area contributed by atoms with E-state index >= 15 is 0 Å². The van der Waals surface area contributed by atoms with E-state index in [0.29, 0.717) is 16.9 Å². The number of anilines is 2. The number of sulfonamides is 1. The maximum absolute atomic E-state index is 12.5. The summed E-state index contributed by atoms with van der Waals surface area (Å²) in [6, 6.07) is 12.9. The van der Waals surface area contributed by atoms with E-state index in [1.165, 1.54) is 36.8 Å². The number of amides is 1. The molecule has 1 aromatic heterocycles. The highest BCUT2D eigenvalue weighted by atomic mass is 32.2. The van der Waals surface area contributed by atoms with E-state index < -0.39 is 10.0 Å². The van der Waals surface area contributed by atoms with Crippen molar-refractivity contribution in [1.29, 1.82) is 0 Å². The lowest BCUT2D eigenvalue weighted by atomic mass is 10.1. The number of carbonyl (C=O) groups is 1. The van der Waals surface area contributed by atoms with Crippen molar-refractivity contribution in [3.63, 3.8) is 0 Å². The highest BCUT2D eigenvalue weighted by molar-refractivity contribution is 7.92. The van der Waals surface area contributed by atoms with Crippen LogP contribution in [-0.4, -0.2) is 14.3 Å². The van der Waals surface area contributed by atoms with E-state index in [1.54, 1.807) is 18.2 Å². The Hall–Kier alpha value is -3.06. The summed E-state index contributed by atoms with van der Waals surface area (Å²) in [7, 11) is -3.71. The molecular weight excluding hydrogens is 352 g/mol. The van der Waals surface area contributed by atoms with Crippen LogP contribution in [0.4, 0.5) is 11.4 Å². The molecule has 0 unspecified atom stereocenters. The molecule has 0 fully saturated rings. The first-order valence-corrected chi connectivity index (χ1v) is 9.37. The molecule has 2 N–H and O–H groups in total. The van der Waals surface area contributed by atoms with Crippen LogP contribution < -0.4 is 10.0 Å². The lowest BCUT2D eigenvalue weighted by Gasteiger charge is -2.10. The van der Waals surface area contributed by atoms with Gasteiger partial charge in [-0.15, -0.1) is 0 Å². The van der Waals surface area contributed by atoms with E-state index in [4.69, 9.17) is 4.42 Å². The molecule has 0 atom stereocenters. The molecule has 6 nitrogen and oxygen atoms in total. The second-order valence-electron chi connectivity index (χ2n) is 5.90. The monoisotopic (exact) mass is 370 g/mol. The van der Waals surface area contributed by atoms with E-state index in [1.807, 2.05) is 19.9 Å². The number of furan rings is 1. The quantitative estimate of drug-likeness (QED) is 0.712. The lowest BCUT2D eigenvalue weighted by molar-refractivity contribution is 0.102. The van der Waals surface area contributed by atoms with Crippen molar-refractivity contribution in [2.75, 3.05) is 10.0 Å². The van der Waals surface area contributed by atoms with Crippen molar-refractivity contribution >= 4 is 27.3 Å². The van der Waals surface area contributed by atoms with Crippen molar-refractivity contribution in [3.05, 3.63) is 77.7 Å². The fraction of sp³-hybridized carbons (Fsp3) is 0.105. The molecule has 7 heteroatoms. The topological polar surface area (TPSA) is 88.4 Å². The molecule has 0 aliphatic carbocycles. The first-order valence-electron chi connectivity index (χ1n) is 7.89. The Kier molecular flexibility index (Phi) is 4.81. The van der Waals surface area contributed by atoms with Gasteiger partial charge in [-0.25, -0.2) is 8.42 Å². The van der Waals surface area contributed by atoms with Gasteiger partial charge < -0.3 is 9.73 Å². The first kappa shape index (κ1) is 17.8. The summed E-state index contributed by atoms with van der Waals surface area (Å²) in [5, 5.41) is 2.67. The summed E-state index contributed by atoms with van der Waals surface area (Å²) in [6.07, 6.45) is 2.74. The molecule has 0 aliphatic heterocycles. The molecule has 134 valence electrons. The Morgan fingerprint density at radius 3 is 2.23 bits per heavy atom. The Balaban J connectivity index is 1.74. The number of carbonyl (C=O) groups excluding carboxylic acids is 1. The highest BCUT2D eigenvalue weighted by Gasteiger charge is 2.15. The van der Waals surface area contributed by atoms with Gasteiger partial charge in [-0.1, -0.05) is 6.07 Å². The van der Waals surface area contributed by atoms with Crippen molar-refractivity contribution < 1.29 is 17.6 Å². The summed E-state index contributed by atoms with van der Waals surface area (Å²) in [4.78, 5) is 12.1. The first-order chi connectivity index (χ1) is 12.3. The summed E-state index contributed by atoms with van der Waals surface area (Å²) in [6.45, 7) is 3.88. The summed E-state index contributed by atoms with van der Waals surface area (Å²) in [5.74, 6) is -0.331. The molecule has 3 rings (SSSR count). The van der Waals surface area contributed by atoms with E-state index in [0.717, 1.165) is 11.1 Å². The van der Waals surface area contributed by atoms with Gasteiger partial charge in [0.1, 0.15) is 6.26 Å².